The fourth-order valence-electron chi connectivity index (χ4n) is 2.92. The Morgan fingerprint density at radius 3 is 2.50 bits per heavy atom. The number of nitrogens with one attached hydrogen (secondary N) is 2. The molecule has 0 spiro atoms. The van der Waals surface area contributed by atoms with Gasteiger partial charge in [0.2, 0.25) is 0 Å². The minimum absolute atomic E-state index is 0.00106. The zero-order valence-corrected chi connectivity index (χ0v) is 15.3. The van der Waals surface area contributed by atoms with E-state index in [0.717, 1.165) is 5.56 Å². The Morgan fingerprint density at radius 2 is 1.75 bits per heavy atom. The Balaban J connectivity index is 1.77. The van der Waals surface area contributed by atoms with Crippen LogP contribution in [0.25, 0.3) is 22.0 Å². The average Bonchev–Trinajstić information content (AvgIpc) is 3.16. The average molecular weight is 393 g/mol. The van der Waals surface area contributed by atoms with Gasteiger partial charge in [0, 0.05) is 5.39 Å². The van der Waals surface area contributed by atoms with Crippen molar-refractivity contribution < 1.29 is 18.3 Å². The van der Waals surface area contributed by atoms with Crippen LogP contribution in [0.2, 0.25) is 0 Å². The van der Waals surface area contributed by atoms with Crippen molar-refractivity contribution in [2.45, 2.75) is 4.90 Å². The Labute approximate surface area is 160 Å². The number of hydrogen-bond acceptors (Lipinski definition) is 4. The van der Waals surface area contributed by atoms with Crippen LogP contribution in [-0.4, -0.2) is 29.7 Å². The molecular weight excluding hydrogens is 378 g/mol. The van der Waals surface area contributed by atoms with Crippen LogP contribution in [0.3, 0.4) is 0 Å². The number of aromatic carboxylic acids is 1. The molecule has 1 aromatic heterocycles. The summed E-state index contributed by atoms with van der Waals surface area (Å²) in [5.74, 6) is -1.22. The maximum absolute atomic E-state index is 12.9. The molecule has 0 aliphatic carbocycles. The Bertz CT molecular complexity index is 1280. The minimum atomic E-state index is -3.99. The molecule has 0 radical (unpaired) electrons. The third-order valence-electron chi connectivity index (χ3n) is 4.32. The molecule has 0 fully saturated rings. The number of rotatable bonds is 5. The SMILES string of the molecule is O=C(O)c1ccc(-c2ccccc2)cc1NS(=O)(=O)c1ccc2[nH]ncc2c1. The lowest BCUT2D eigenvalue weighted by Crippen LogP contribution is -2.15. The van der Waals surface area contributed by atoms with E-state index in [1.165, 1.54) is 30.5 Å². The van der Waals surface area contributed by atoms with E-state index in [1.54, 1.807) is 12.1 Å². The van der Waals surface area contributed by atoms with E-state index in [0.29, 0.717) is 16.5 Å². The van der Waals surface area contributed by atoms with E-state index < -0.39 is 16.0 Å². The van der Waals surface area contributed by atoms with Gasteiger partial charge in [-0.3, -0.25) is 9.82 Å². The molecule has 3 aromatic carbocycles. The number of carboxylic acid groups (broad SMARTS) is 1. The van der Waals surface area contributed by atoms with Gasteiger partial charge >= 0.3 is 5.97 Å². The van der Waals surface area contributed by atoms with Crippen LogP contribution in [0.1, 0.15) is 10.4 Å². The van der Waals surface area contributed by atoms with E-state index >= 15 is 0 Å². The van der Waals surface area contributed by atoms with Gasteiger partial charge < -0.3 is 5.11 Å². The molecule has 8 heteroatoms. The standard InChI is InChI=1S/C20H15N3O4S/c24-20(25)17-8-6-14(13-4-2-1-3-5-13)11-19(17)23-28(26,27)16-7-9-18-15(10-16)12-21-22-18/h1-12,23H,(H,21,22)(H,24,25). The third-order valence-corrected chi connectivity index (χ3v) is 5.69. The number of H-pyrrole nitrogens is 1. The quantitative estimate of drug-likeness (QED) is 0.478. The number of sulfonamides is 1. The fourth-order valence-corrected chi connectivity index (χ4v) is 4.02. The second-order valence-electron chi connectivity index (χ2n) is 6.16. The summed E-state index contributed by atoms with van der Waals surface area (Å²) in [6, 6.07) is 18.4. The highest BCUT2D eigenvalue weighted by Crippen LogP contribution is 2.28. The van der Waals surface area contributed by atoms with E-state index in [-0.39, 0.29) is 16.1 Å². The summed E-state index contributed by atoms with van der Waals surface area (Å²) in [6.45, 7) is 0. The molecule has 0 unspecified atom stereocenters. The summed E-state index contributed by atoms with van der Waals surface area (Å²) in [5.41, 5.74) is 2.12. The first-order valence-corrected chi connectivity index (χ1v) is 9.81. The monoisotopic (exact) mass is 393 g/mol. The molecule has 0 saturated carbocycles. The zero-order chi connectivity index (χ0) is 19.7. The van der Waals surface area contributed by atoms with Gasteiger partial charge in [0.15, 0.2) is 0 Å². The minimum Gasteiger partial charge on any atom is -0.478 e. The largest absolute Gasteiger partial charge is 0.478 e. The number of anilines is 1. The van der Waals surface area contributed by atoms with E-state index in [4.69, 9.17) is 0 Å². The molecule has 0 aliphatic rings. The van der Waals surface area contributed by atoms with Crippen LogP contribution in [0, 0.1) is 0 Å². The second-order valence-corrected chi connectivity index (χ2v) is 7.84. The molecule has 0 amide bonds. The van der Waals surface area contributed by atoms with Crippen molar-refractivity contribution in [3.63, 3.8) is 0 Å². The lowest BCUT2D eigenvalue weighted by Gasteiger charge is -2.13. The van der Waals surface area contributed by atoms with Gasteiger partial charge in [-0.05, 0) is 41.5 Å². The molecule has 0 aliphatic heterocycles. The summed E-state index contributed by atoms with van der Waals surface area (Å²) in [6.07, 6.45) is 1.52. The summed E-state index contributed by atoms with van der Waals surface area (Å²) in [4.78, 5) is 11.6. The number of hydrogen-bond donors (Lipinski definition) is 3. The number of fused-ring (bicyclic) bond motifs is 1. The van der Waals surface area contributed by atoms with Gasteiger partial charge in [-0.25, -0.2) is 13.2 Å². The summed E-state index contributed by atoms with van der Waals surface area (Å²) in [5, 5.41) is 16.7. The number of nitrogens with zero attached hydrogens (tertiary/aromatic N) is 1. The molecule has 0 saturated heterocycles. The third kappa shape index (κ3) is 3.33. The number of benzene rings is 3. The molecule has 140 valence electrons. The molecule has 4 rings (SSSR count). The van der Waals surface area contributed by atoms with Crippen LogP contribution in [0.5, 0.6) is 0 Å². The van der Waals surface area contributed by atoms with Crippen LogP contribution in [0.4, 0.5) is 5.69 Å². The molecule has 0 atom stereocenters. The number of carboxylic acids is 1. The normalized spacial score (nSPS) is 11.4. The smallest absolute Gasteiger partial charge is 0.337 e. The predicted molar refractivity (Wildman–Crippen MR) is 106 cm³/mol. The van der Waals surface area contributed by atoms with Gasteiger partial charge in [-0.2, -0.15) is 5.10 Å². The summed E-state index contributed by atoms with van der Waals surface area (Å²) < 4.78 is 28.1. The van der Waals surface area contributed by atoms with Crippen LogP contribution < -0.4 is 4.72 Å². The van der Waals surface area contributed by atoms with Crippen molar-refractivity contribution in [2.75, 3.05) is 4.72 Å². The highest BCUT2D eigenvalue weighted by atomic mass is 32.2. The number of carbonyl (C=O) groups is 1. The summed E-state index contributed by atoms with van der Waals surface area (Å²) in [7, 11) is -3.99. The van der Waals surface area contributed by atoms with Gasteiger partial charge in [-0.15, -0.1) is 0 Å². The first-order chi connectivity index (χ1) is 13.4. The first kappa shape index (κ1) is 17.7. The van der Waals surface area contributed by atoms with Crippen molar-refractivity contribution in [1.29, 1.82) is 0 Å². The van der Waals surface area contributed by atoms with E-state index in [2.05, 4.69) is 14.9 Å². The Kier molecular flexibility index (Phi) is 4.32. The van der Waals surface area contributed by atoms with Crippen LogP contribution >= 0.6 is 0 Å². The molecular formula is C20H15N3O4S. The molecule has 3 N–H and O–H groups in total. The highest BCUT2D eigenvalue weighted by Gasteiger charge is 2.20. The first-order valence-electron chi connectivity index (χ1n) is 8.33. The van der Waals surface area contributed by atoms with Crippen LogP contribution in [-0.2, 0) is 10.0 Å². The highest BCUT2D eigenvalue weighted by molar-refractivity contribution is 7.92. The molecule has 7 nitrogen and oxygen atoms in total. The number of aromatic nitrogens is 2. The van der Waals surface area contributed by atoms with Gasteiger partial charge in [0.1, 0.15) is 0 Å². The van der Waals surface area contributed by atoms with Gasteiger partial charge in [0.25, 0.3) is 10.0 Å². The van der Waals surface area contributed by atoms with Crippen LogP contribution in [0.15, 0.2) is 77.8 Å². The molecule has 4 aromatic rings. The van der Waals surface area contributed by atoms with Crippen molar-refractivity contribution in [3.8, 4) is 11.1 Å². The summed E-state index contributed by atoms with van der Waals surface area (Å²) >= 11 is 0. The zero-order valence-electron chi connectivity index (χ0n) is 14.5. The molecule has 0 bridgehead atoms. The van der Waals surface area contributed by atoms with Gasteiger partial charge in [-0.1, -0.05) is 36.4 Å². The van der Waals surface area contributed by atoms with Crippen molar-refractivity contribution >= 4 is 32.6 Å². The maximum Gasteiger partial charge on any atom is 0.337 e. The van der Waals surface area contributed by atoms with E-state index in [9.17, 15) is 18.3 Å². The Morgan fingerprint density at radius 1 is 0.964 bits per heavy atom. The maximum atomic E-state index is 12.9. The predicted octanol–water partition coefficient (Wildman–Crippen LogP) is 3.73. The lowest BCUT2D eigenvalue weighted by atomic mass is 10.0. The van der Waals surface area contributed by atoms with Gasteiger partial charge in [0.05, 0.1) is 27.9 Å². The molecule has 1 heterocycles. The van der Waals surface area contributed by atoms with Crippen molar-refractivity contribution in [1.82, 2.24) is 10.2 Å². The van der Waals surface area contributed by atoms with E-state index in [1.807, 2.05) is 30.3 Å². The lowest BCUT2D eigenvalue weighted by molar-refractivity contribution is 0.0698. The van der Waals surface area contributed by atoms with Crippen molar-refractivity contribution in [3.05, 3.63) is 78.5 Å². The second kappa shape index (κ2) is 6.82. The molecule has 28 heavy (non-hydrogen) atoms. The van der Waals surface area contributed by atoms with Crippen molar-refractivity contribution in [2.24, 2.45) is 0 Å². The fraction of sp³-hybridized carbons (Fsp3) is 0. The Hall–Kier alpha value is -3.65. The number of aromatic amines is 1. The topological polar surface area (TPSA) is 112 Å².